The zero-order valence-electron chi connectivity index (χ0n) is 11.9. The molecule has 0 spiro atoms. The van der Waals surface area contributed by atoms with Gasteiger partial charge in [-0.05, 0) is 43.2 Å². The van der Waals surface area contributed by atoms with E-state index >= 15 is 0 Å². The van der Waals surface area contributed by atoms with Gasteiger partial charge in [0.05, 0.1) is 6.54 Å². The smallest absolute Gasteiger partial charge is 0.238 e. The molecule has 1 aliphatic heterocycles. The van der Waals surface area contributed by atoms with Crippen molar-refractivity contribution in [1.29, 1.82) is 0 Å². The van der Waals surface area contributed by atoms with Gasteiger partial charge in [-0.25, -0.2) is 0 Å². The van der Waals surface area contributed by atoms with Crippen molar-refractivity contribution < 1.29 is 4.79 Å². The van der Waals surface area contributed by atoms with E-state index in [1.54, 1.807) is 0 Å². The van der Waals surface area contributed by atoms with Gasteiger partial charge in [-0.2, -0.15) is 0 Å². The molecule has 3 nitrogen and oxygen atoms in total. The molecule has 2 aliphatic rings. The van der Waals surface area contributed by atoms with Crippen LogP contribution in [0.1, 0.15) is 36.2 Å². The van der Waals surface area contributed by atoms with Crippen LogP contribution in [0.4, 0.5) is 0 Å². The summed E-state index contributed by atoms with van der Waals surface area (Å²) in [6, 6.07) is 6.48. The van der Waals surface area contributed by atoms with Gasteiger partial charge >= 0.3 is 0 Å². The highest BCUT2D eigenvalue weighted by molar-refractivity contribution is 5.81. The lowest BCUT2D eigenvalue weighted by Gasteiger charge is -2.26. The van der Waals surface area contributed by atoms with Crippen LogP contribution in [0.5, 0.6) is 0 Å². The van der Waals surface area contributed by atoms with E-state index in [1.807, 2.05) is 4.90 Å². The summed E-state index contributed by atoms with van der Waals surface area (Å²) in [6.07, 6.45) is 1.34. The van der Waals surface area contributed by atoms with Crippen LogP contribution in [0, 0.1) is 25.7 Å². The maximum absolute atomic E-state index is 12.1. The highest BCUT2D eigenvalue weighted by Gasteiger charge is 2.40. The zero-order chi connectivity index (χ0) is 13.6. The number of carbonyl (C=O) groups excluding carboxylic acids is 1. The molecule has 1 amide bonds. The molecule has 0 bridgehead atoms. The van der Waals surface area contributed by atoms with Crippen LogP contribution in [0.2, 0.25) is 0 Å². The van der Waals surface area contributed by atoms with E-state index in [9.17, 15) is 4.79 Å². The maximum atomic E-state index is 12.1. The SMILES string of the molecule is Cc1ccc(C2NCC(=O)N2CC2CC2C)c(C)c1. The summed E-state index contributed by atoms with van der Waals surface area (Å²) in [5.74, 6) is 1.73. The van der Waals surface area contributed by atoms with Crippen molar-refractivity contribution in [2.75, 3.05) is 13.1 Å². The Balaban J connectivity index is 1.83. The second-order valence-electron chi connectivity index (χ2n) is 6.16. The lowest BCUT2D eigenvalue weighted by Crippen LogP contribution is -2.32. The number of nitrogens with one attached hydrogen (secondary N) is 1. The molecule has 1 saturated carbocycles. The normalized spacial score (nSPS) is 29.9. The monoisotopic (exact) mass is 258 g/mol. The summed E-state index contributed by atoms with van der Waals surface area (Å²) < 4.78 is 0. The number of hydrogen-bond donors (Lipinski definition) is 1. The van der Waals surface area contributed by atoms with Gasteiger partial charge < -0.3 is 4.90 Å². The van der Waals surface area contributed by atoms with Gasteiger partial charge in [0.2, 0.25) is 5.91 Å². The number of carbonyl (C=O) groups is 1. The molecule has 3 rings (SSSR count). The number of nitrogens with zero attached hydrogens (tertiary/aromatic N) is 1. The third kappa shape index (κ3) is 2.39. The van der Waals surface area contributed by atoms with Crippen molar-refractivity contribution >= 4 is 5.91 Å². The molecule has 3 unspecified atom stereocenters. The highest BCUT2D eigenvalue weighted by atomic mass is 16.2. The van der Waals surface area contributed by atoms with Gasteiger partial charge in [0.25, 0.3) is 0 Å². The fourth-order valence-electron chi connectivity index (χ4n) is 3.06. The lowest BCUT2D eigenvalue weighted by atomic mass is 10.0. The predicted octanol–water partition coefficient (Wildman–Crippen LogP) is 2.39. The Hall–Kier alpha value is -1.35. The summed E-state index contributed by atoms with van der Waals surface area (Å²) in [5, 5.41) is 3.36. The van der Waals surface area contributed by atoms with Crippen LogP contribution in [0.3, 0.4) is 0 Å². The van der Waals surface area contributed by atoms with Crippen LogP contribution in [0.15, 0.2) is 18.2 Å². The maximum Gasteiger partial charge on any atom is 0.238 e. The van der Waals surface area contributed by atoms with Gasteiger partial charge in [0, 0.05) is 6.54 Å². The van der Waals surface area contributed by atoms with E-state index in [2.05, 4.69) is 44.3 Å². The number of amides is 1. The van der Waals surface area contributed by atoms with Crippen LogP contribution in [-0.4, -0.2) is 23.9 Å². The average Bonchev–Trinajstić information content (AvgIpc) is 2.93. The van der Waals surface area contributed by atoms with Gasteiger partial charge in [-0.1, -0.05) is 30.7 Å². The molecule has 3 heteroatoms. The minimum absolute atomic E-state index is 0.0703. The van der Waals surface area contributed by atoms with Gasteiger partial charge in [-0.15, -0.1) is 0 Å². The summed E-state index contributed by atoms with van der Waals surface area (Å²) in [5.41, 5.74) is 3.78. The van der Waals surface area contributed by atoms with Crippen LogP contribution < -0.4 is 5.32 Å². The third-order valence-corrected chi connectivity index (χ3v) is 4.51. The average molecular weight is 258 g/mol. The Kier molecular flexibility index (Phi) is 3.09. The standard InChI is InChI=1S/C16H22N2O/c1-10-4-5-14(12(3)6-10)16-17-8-15(19)18(16)9-13-7-11(13)2/h4-6,11,13,16-17H,7-9H2,1-3H3. The van der Waals surface area contributed by atoms with E-state index in [0.29, 0.717) is 12.5 Å². The molecule has 0 aromatic heterocycles. The van der Waals surface area contributed by atoms with E-state index in [4.69, 9.17) is 0 Å². The fraction of sp³-hybridized carbons (Fsp3) is 0.562. The molecule has 3 atom stereocenters. The van der Waals surface area contributed by atoms with Crippen molar-refractivity contribution in [2.24, 2.45) is 11.8 Å². The molecule has 0 radical (unpaired) electrons. The number of hydrogen-bond acceptors (Lipinski definition) is 2. The number of aryl methyl sites for hydroxylation is 2. The van der Waals surface area contributed by atoms with Crippen molar-refractivity contribution in [1.82, 2.24) is 10.2 Å². The molecule has 2 fully saturated rings. The van der Waals surface area contributed by atoms with Gasteiger partial charge in [0.15, 0.2) is 0 Å². The Morgan fingerprint density at radius 2 is 2.11 bits per heavy atom. The highest BCUT2D eigenvalue weighted by Crippen LogP contribution is 2.40. The predicted molar refractivity (Wildman–Crippen MR) is 75.6 cm³/mol. The summed E-state index contributed by atoms with van der Waals surface area (Å²) in [4.78, 5) is 14.1. The lowest BCUT2D eigenvalue weighted by molar-refractivity contribution is -0.128. The Morgan fingerprint density at radius 1 is 1.37 bits per heavy atom. The van der Waals surface area contributed by atoms with Crippen LogP contribution in [0.25, 0.3) is 0 Å². The molecule has 19 heavy (non-hydrogen) atoms. The molecule has 102 valence electrons. The first-order chi connectivity index (χ1) is 9.06. The second kappa shape index (κ2) is 4.64. The fourth-order valence-corrected chi connectivity index (χ4v) is 3.06. The van der Waals surface area contributed by atoms with Crippen molar-refractivity contribution in [3.05, 3.63) is 34.9 Å². The van der Waals surface area contributed by atoms with Gasteiger partial charge in [0.1, 0.15) is 6.17 Å². The van der Waals surface area contributed by atoms with E-state index in [1.165, 1.54) is 23.1 Å². The minimum Gasteiger partial charge on any atom is -0.322 e. The van der Waals surface area contributed by atoms with E-state index in [-0.39, 0.29) is 12.1 Å². The Bertz CT molecular complexity index is 511. The first-order valence-corrected chi connectivity index (χ1v) is 7.16. The zero-order valence-corrected chi connectivity index (χ0v) is 11.9. The summed E-state index contributed by atoms with van der Waals surface area (Å²) in [7, 11) is 0. The van der Waals surface area contributed by atoms with Crippen LogP contribution >= 0.6 is 0 Å². The first-order valence-electron chi connectivity index (χ1n) is 7.16. The van der Waals surface area contributed by atoms with Crippen LogP contribution in [-0.2, 0) is 4.79 Å². The Labute approximate surface area is 115 Å². The first kappa shape index (κ1) is 12.7. The largest absolute Gasteiger partial charge is 0.322 e. The molecular weight excluding hydrogens is 236 g/mol. The molecule has 1 aromatic rings. The molecule has 1 aliphatic carbocycles. The van der Waals surface area contributed by atoms with Crippen molar-refractivity contribution in [2.45, 2.75) is 33.4 Å². The Morgan fingerprint density at radius 3 is 2.74 bits per heavy atom. The quantitative estimate of drug-likeness (QED) is 0.903. The molecule has 1 heterocycles. The summed E-state index contributed by atoms with van der Waals surface area (Å²) >= 11 is 0. The molecule has 1 saturated heterocycles. The van der Waals surface area contributed by atoms with E-state index < -0.39 is 0 Å². The number of rotatable bonds is 3. The second-order valence-corrected chi connectivity index (χ2v) is 6.16. The molecular formula is C16H22N2O. The van der Waals surface area contributed by atoms with Gasteiger partial charge in [-0.3, -0.25) is 10.1 Å². The van der Waals surface area contributed by atoms with Crippen molar-refractivity contribution in [3.8, 4) is 0 Å². The summed E-state index contributed by atoms with van der Waals surface area (Å²) in [6.45, 7) is 7.88. The topological polar surface area (TPSA) is 32.3 Å². The van der Waals surface area contributed by atoms with E-state index in [0.717, 1.165) is 12.5 Å². The van der Waals surface area contributed by atoms with Crippen molar-refractivity contribution in [3.63, 3.8) is 0 Å². The third-order valence-electron chi connectivity index (χ3n) is 4.51. The minimum atomic E-state index is 0.0703. The molecule has 1 aromatic carbocycles. The number of benzene rings is 1. The molecule has 1 N–H and O–H groups in total.